The van der Waals surface area contributed by atoms with Crippen molar-refractivity contribution in [3.8, 4) is 11.5 Å². The Balaban J connectivity index is 1.62. The topological polar surface area (TPSA) is 103 Å². The number of anilines is 1. The number of rotatable bonds is 8. The number of aromatic nitrogens is 2. The monoisotopic (exact) mass is 409 g/mol. The van der Waals surface area contributed by atoms with Crippen molar-refractivity contribution >= 4 is 11.8 Å². The molecule has 8 nitrogen and oxygen atoms in total. The number of hydrogen-bond donors (Lipinski definition) is 2. The van der Waals surface area contributed by atoms with Crippen LogP contribution in [0.4, 0.5) is 14.6 Å². The van der Waals surface area contributed by atoms with Crippen LogP contribution in [0, 0.1) is 0 Å². The van der Waals surface area contributed by atoms with Gasteiger partial charge in [-0.2, -0.15) is 8.78 Å². The molecule has 0 aliphatic carbocycles. The molecule has 156 valence electrons. The second-order valence-corrected chi connectivity index (χ2v) is 6.42. The van der Waals surface area contributed by atoms with Gasteiger partial charge in [-0.05, 0) is 37.0 Å². The molecule has 29 heavy (non-hydrogen) atoms. The van der Waals surface area contributed by atoms with Crippen molar-refractivity contribution in [3.63, 3.8) is 0 Å². The molecule has 1 aromatic carbocycles. The molecule has 2 unspecified atom stereocenters. The molecule has 2 heterocycles. The Morgan fingerprint density at radius 1 is 1.31 bits per heavy atom. The molecule has 0 saturated carbocycles. The maximum atomic E-state index is 12.3. The summed E-state index contributed by atoms with van der Waals surface area (Å²) in [5.41, 5.74) is 0.655. The molecule has 0 spiro atoms. The second kappa shape index (κ2) is 9.46. The minimum atomic E-state index is -2.86. The highest BCUT2D eigenvalue weighted by Gasteiger charge is 2.25. The van der Waals surface area contributed by atoms with E-state index in [-0.39, 0.29) is 35.2 Å². The number of halogens is 2. The molecule has 2 atom stereocenters. The van der Waals surface area contributed by atoms with E-state index in [0.717, 1.165) is 31.2 Å². The first-order chi connectivity index (χ1) is 14.0. The smallest absolute Gasteiger partial charge is 0.387 e. The van der Waals surface area contributed by atoms with Gasteiger partial charge in [0.25, 0.3) is 0 Å². The summed E-state index contributed by atoms with van der Waals surface area (Å²) in [6.45, 7) is -2.46. The lowest BCUT2D eigenvalue weighted by Gasteiger charge is -2.31. The molecule has 1 aromatic heterocycles. The fourth-order valence-corrected chi connectivity index (χ4v) is 3.21. The highest BCUT2D eigenvalue weighted by Crippen LogP contribution is 2.33. The van der Waals surface area contributed by atoms with Gasteiger partial charge in [0, 0.05) is 6.54 Å². The zero-order valence-electron chi connectivity index (χ0n) is 15.7. The lowest BCUT2D eigenvalue weighted by Crippen LogP contribution is -2.29. The van der Waals surface area contributed by atoms with Crippen molar-refractivity contribution in [2.75, 3.05) is 19.0 Å². The van der Waals surface area contributed by atoms with Crippen LogP contribution >= 0.6 is 0 Å². The van der Waals surface area contributed by atoms with Gasteiger partial charge in [-0.1, -0.05) is 12.1 Å². The van der Waals surface area contributed by atoms with Gasteiger partial charge in [0.1, 0.15) is 12.1 Å². The maximum absolute atomic E-state index is 12.3. The van der Waals surface area contributed by atoms with E-state index in [9.17, 15) is 18.7 Å². The Bertz CT molecular complexity index is 835. The molecule has 1 saturated heterocycles. The predicted molar refractivity (Wildman–Crippen MR) is 98.6 cm³/mol. The largest absolute Gasteiger partial charge is 0.491 e. The first-order valence-electron chi connectivity index (χ1n) is 9.04. The molecule has 0 amide bonds. The molecule has 3 rings (SSSR count). The van der Waals surface area contributed by atoms with Crippen molar-refractivity contribution in [1.29, 1.82) is 0 Å². The molecule has 1 aliphatic heterocycles. The SMILES string of the molecule is COc1c(NCC2CCCC(c3ccc(OC(F)F)cc3)O2)ncnc1C(=O)O. The van der Waals surface area contributed by atoms with Gasteiger partial charge in [-0.3, -0.25) is 0 Å². The van der Waals surface area contributed by atoms with E-state index in [0.29, 0.717) is 6.54 Å². The number of hydrogen-bond acceptors (Lipinski definition) is 7. The molecule has 10 heteroatoms. The van der Waals surface area contributed by atoms with Crippen LogP contribution in [0.1, 0.15) is 41.4 Å². The molecule has 1 aliphatic rings. The van der Waals surface area contributed by atoms with Gasteiger partial charge >= 0.3 is 12.6 Å². The van der Waals surface area contributed by atoms with Crippen LogP contribution in [0.15, 0.2) is 30.6 Å². The average molecular weight is 409 g/mol. The molecular formula is C19H21F2N3O5. The lowest BCUT2D eigenvalue weighted by molar-refractivity contribution is -0.0503. The lowest BCUT2D eigenvalue weighted by atomic mass is 9.98. The van der Waals surface area contributed by atoms with Crippen molar-refractivity contribution < 1.29 is 32.9 Å². The third-order valence-electron chi connectivity index (χ3n) is 4.53. The minimum Gasteiger partial charge on any atom is -0.491 e. The number of carbonyl (C=O) groups is 1. The summed E-state index contributed by atoms with van der Waals surface area (Å²) in [6.07, 6.45) is 3.40. The van der Waals surface area contributed by atoms with E-state index in [1.165, 1.54) is 19.2 Å². The molecular weight excluding hydrogens is 388 g/mol. The average Bonchev–Trinajstić information content (AvgIpc) is 2.72. The normalized spacial score (nSPS) is 19.0. The zero-order valence-corrected chi connectivity index (χ0v) is 15.7. The van der Waals surface area contributed by atoms with Crippen LogP contribution < -0.4 is 14.8 Å². The van der Waals surface area contributed by atoms with Gasteiger partial charge in [0.15, 0.2) is 17.3 Å². The van der Waals surface area contributed by atoms with E-state index < -0.39 is 12.6 Å². The van der Waals surface area contributed by atoms with E-state index in [1.807, 2.05) is 0 Å². The van der Waals surface area contributed by atoms with Crippen LogP contribution in [-0.4, -0.2) is 47.4 Å². The van der Waals surface area contributed by atoms with Crippen molar-refractivity contribution in [2.24, 2.45) is 0 Å². The van der Waals surface area contributed by atoms with Gasteiger partial charge in [-0.15, -0.1) is 0 Å². The first kappa shape index (κ1) is 20.7. The second-order valence-electron chi connectivity index (χ2n) is 6.42. The third kappa shape index (κ3) is 5.29. The predicted octanol–water partition coefficient (Wildman–Crippen LogP) is 3.51. The summed E-state index contributed by atoms with van der Waals surface area (Å²) in [5, 5.41) is 12.3. The number of benzene rings is 1. The van der Waals surface area contributed by atoms with Crippen molar-refractivity contribution in [2.45, 2.75) is 38.1 Å². The third-order valence-corrected chi connectivity index (χ3v) is 4.53. The first-order valence-corrected chi connectivity index (χ1v) is 9.04. The summed E-state index contributed by atoms with van der Waals surface area (Å²) in [4.78, 5) is 19.0. The summed E-state index contributed by atoms with van der Waals surface area (Å²) in [6, 6.07) is 6.41. The van der Waals surface area contributed by atoms with E-state index in [1.54, 1.807) is 12.1 Å². The Hall–Kier alpha value is -3.01. The number of ether oxygens (including phenoxy) is 3. The van der Waals surface area contributed by atoms with Crippen LogP contribution in [0.5, 0.6) is 11.5 Å². The number of nitrogens with zero attached hydrogens (tertiary/aromatic N) is 2. The van der Waals surface area contributed by atoms with Crippen LogP contribution in [0.25, 0.3) is 0 Å². The van der Waals surface area contributed by atoms with Gasteiger partial charge in [-0.25, -0.2) is 14.8 Å². The molecule has 0 radical (unpaired) electrons. The van der Waals surface area contributed by atoms with Crippen molar-refractivity contribution in [1.82, 2.24) is 9.97 Å². The summed E-state index contributed by atoms with van der Waals surface area (Å²) in [5.74, 6) is -0.774. The van der Waals surface area contributed by atoms with Crippen LogP contribution in [0.3, 0.4) is 0 Å². The quantitative estimate of drug-likeness (QED) is 0.683. The minimum absolute atomic E-state index is 0.0574. The van der Waals surface area contributed by atoms with Crippen LogP contribution in [0.2, 0.25) is 0 Å². The zero-order chi connectivity index (χ0) is 20.8. The fraction of sp³-hybridized carbons (Fsp3) is 0.421. The Kier molecular flexibility index (Phi) is 6.76. The number of aromatic carboxylic acids is 1. The Labute approximate surface area is 165 Å². The van der Waals surface area contributed by atoms with E-state index in [4.69, 9.17) is 9.47 Å². The number of carboxylic acid groups (broad SMARTS) is 1. The molecule has 2 aromatic rings. The van der Waals surface area contributed by atoms with E-state index >= 15 is 0 Å². The summed E-state index contributed by atoms with van der Waals surface area (Å²) in [7, 11) is 1.35. The van der Waals surface area contributed by atoms with Gasteiger partial charge in [0.2, 0.25) is 0 Å². The summed E-state index contributed by atoms with van der Waals surface area (Å²) < 4.78 is 40.2. The standard InChI is InChI=1S/C19H21F2N3O5/c1-27-16-15(18(25)26)23-10-24-17(16)22-9-13-3-2-4-14(28-13)11-5-7-12(8-6-11)29-19(20)21/h5-8,10,13-14,19H,2-4,9H2,1H3,(H,25,26)(H,22,23,24). The highest BCUT2D eigenvalue weighted by atomic mass is 19.3. The molecule has 2 N–H and O–H groups in total. The Morgan fingerprint density at radius 3 is 2.72 bits per heavy atom. The number of carboxylic acids is 1. The van der Waals surface area contributed by atoms with E-state index in [2.05, 4.69) is 20.0 Å². The highest BCUT2D eigenvalue weighted by molar-refractivity contribution is 5.90. The molecule has 0 bridgehead atoms. The molecule has 1 fully saturated rings. The number of alkyl halides is 2. The number of nitrogens with one attached hydrogen (secondary N) is 1. The van der Waals surface area contributed by atoms with Gasteiger partial charge in [0.05, 0.1) is 19.3 Å². The van der Waals surface area contributed by atoms with Crippen LogP contribution in [-0.2, 0) is 4.74 Å². The Morgan fingerprint density at radius 2 is 2.07 bits per heavy atom. The maximum Gasteiger partial charge on any atom is 0.387 e. The van der Waals surface area contributed by atoms with Gasteiger partial charge < -0.3 is 24.6 Å². The van der Waals surface area contributed by atoms with Crippen molar-refractivity contribution in [3.05, 3.63) is 41.9 Å². The fourth-order valence-electron chi connectivity index (χ4n) is 3.21. The number of methoxy groups -OCH3 is 1. The summed E-state index contributed by atoms with van der Waals surface area (Å²) >= 11 is 0.